The summed E-state index contributed by atoms with van der Waals surface area (Å²) in [6.45, 7) is 3.42. The average Bonchev–Trinajstić information content (AvgIpc) is 2.78. The van der Waals surface area contributed by atoms with E-state index in [4.69, 9.17) is 11.6 Å². The van der Waals surface area contributed by atoms with Gasteiger partial charge in [0.05, 0.1) is 10.2 Å². The van der Waals surface area contributed by atoms with Crippen molar-refractivity contribution in [1.82, 2.24) is 4.98 Å². The summed E-state index contributed by atoms with van der Waals surface area (Å²) in [6.07, 6.45) is 5.48. The van der Waals surface area contributed by atoms with E-state index in [2.05, 4.69) is 17.2 Å². The fourth-order valence-electron chi connectivity index (χ4n) is 2.95. The lowest BCUT2D eigenvalue weighted by molar-refractivity contribution is 0.293. The molecule has 2 atom stereocenters. The van der Waals surface area contributed by atoms with Gasteiger partial charge >= 0.3 is 0 Å². The number of anilines is 1. The fraction of sp³-hybridized carbons (Fsp3) is 0.533. The van der Waals surface area contributed by atoms with Gasteiger partial charge in [0.15, 0.2) is 5.13 Å². The molecule has 1 aliphatic carbocycles. The number of fused-ring (bicyclic) bond motifs is 1. The van der Waals surface area contributed by atoms with Crippen LogP contribution in [0.1, 0.15) is 32.6 Å². The SMILES string of the molecule is CC1CCCC(CNc2nc3cc(Cl)ccc3s2)C1. The first-order valence-corrected chi connectivity index (χ1v) is 8.20. The van der Waals surface area contributed by atoms with Crippen molar-refractivity contribution in [1.29, 1.82) is 0 Å². The number of benzene rings is 1. The van der Waals surface area contributed by atoms with Crippen LogP contribution in [0.3, 0.4) is 0 Å². The van der Waals surface area contributed by atoms with Crippen molar-refractivity contribution in [3.05, 3.63) is 23.2 Å². The molecular formula is C15H19ClN2S. The molecule has 2 nitrogen and oxygen atoms in total. The summed E-state index contributed by atoms with van der Waals surface area (Å²) in [4.78, 5) is 4.60. The first-order chi connectivity index (χ1) is 9.20. The Hall–Kier alpha value is -0.800. The number of nitrogens with one attached hydrogen (secondary N) is 1. The van der Waals surface area contributed by atoms with E-state index in [0.29, 0.717) is 0 Å². The van der Waals surface area contributed by atoms with Crippen LogP contribution in [-0.2, 0) is 0 Å². The van der Waals surface area contributed by atoms with E-state index in [0.717, 1.165) is 34.1 Å². The van der Waals surface area contributed by atoms with Crippen molar-refractivity contribution in [2.45, 2.75) is 32.6 Å². The highest BCUT2D eigenvalue weighted by molar-refractivity contribution is 7.22. The van der Waals surface area contributed by atoms with Gasteiger partial charge in [-0.3, -0.25) is 0 Å². The van der Waals surface area contributed by atoms with Crippen molar-refractivity contribution in [2.75, 3.05) is 11.9 Å². The van der Waals surface area contributed by atoms with Gasteiger partial charge in [-0.25, -0.2) is 4.98 Å². The van der Waals surface area contributed by atoms with Crippen LogP contribution in [-0.4, -0.2) is 11.5 Å². The van der Waals surface area contributed by atoms with Crippen molar-refractivity contribution >= 4 is 38.3 Å². The van der Waals surface area contributed by atoms with E-state index in [-0.39, 0.29) is 0 Å². The van der Waals surface area contributed by atoms with Gasteiger partial charge in [0, 0.05) is 11.6 Å². The molecule has 1 aromatic heterocycles. The molecule has 1 heterocycles. The molecule has 0 saturated heterocycles. The third kappa shape index (κ3) is 3.21. The van der Waals surface area contributed by atoms with Crippen LogP contribution in [0.15, 0.2) is 18.2 Å². The van der Waals surface area contributed by atoms with Crippen LogP contribution in [0.4, 0.5) is 5.13 Å². The molecule has 2 aromatic rings. The minimum atomic E-state index is 0.755. The fourth-order valence-corrected chi connectivity index (χ4v) is 3.97. The second-order valence-corrected chi connectivity index (χ2v) is 7.12. The van der Waals surface area contributed by atoms with Crippen LogP contribution in [0.25, 0.3) is 10.2 Å². The summed E-state index contributed by atoms with van der Waals surface area (Å²) >= 11 is 7.70. The maximum Gasteiger partial charge on any atom is 0.183 e. The predicted octanol–water partition coefficient (Wildman–Crippen LogP) is 5.19. The second kappa shape index (κ2) is 5.68. The molecule has 1 saturated carbocycles. The molecule has 3 rings (SSSR count). The zero-order chi connectivity index (χ0) is 13.2. The quantitative estimate of drug-likeness (QED) is 0.843. The topological polar surface area (TPSA) is 24.9 Å². The van der Waals surface area contributed by atoms with Gasteiger partial charge in [0.2, 0.25) is 0 Å². The lowest BCUT2D eigenvalue weighted by Gasteiger charge is -2.26. The third-order valence-corrected chi connectivity index (χ3v) is 5.17. The van der Waals surface area contributed by atoms with E-state index in [9.17, 15) is 0 Å². The highest BCUT2D eigenvalue weighted by atomic mass is 35.5. The molecule has 1 aliphatic rings. The zero-order valence-electron chi connectivity index (χ0n) is 11.2. The molecule has 0 radical (unpaired) electrons. The Labute approximate surface area is 123 Å². The van der Waals surface area contributed by atoms with Crippen molar-refractivity contribution in [3.8, 4) is 0 Å². The van der Waals surface area contributed by atoms with Gasteiger partial charge in [-0.1, -0.05) is 42.7 Å². The number of aromatic nitrogens is 1. The summed E-state index contributed by atoms with van der Waals surface area (Å²) in [7, 11) is 0. The van der Waals surface area contributed by atoms with Gasteiger partial charge in [-0.2, -0.15) is 0 Å². The highest BCUT2D eigenvalue weighted by Gasteiger charge is 2.18. The van der Waals surface area contributed by atoms with Crippen LogP contribution in [0.2, 0.25) is 5.02 Å². The van der Waals surface area contributed by atoms with Crippen molar-refractivity contribution < 1.29 is 0 Å². The largest absolute Gasteiger partial charge is 0.361 e. The van der Waals surface area contributed by atoms with Crippen LogP contribution in [0.5, 0.6) is 0 Å². The van der Waals surface area contributed by atoms with E-state index in [1.54, 1.807) is 11.3 Å². The number of nitrogens with zero attached hydrogens (tertiary/aromatic N) is 1. The summed E-state index contributed by atoms with van der Waals surface area (Å²) in [5.41, 5.74) is 0.997. The van der Waals surface area contributed by atoms with Crippen LogP contribution in [0, 0.1) is 11.8 Å². The number of rotatable bonds is 3. The Kier molecular flexibility index (Phi) is 3.94. The van der Waals surface area contributed by atoms with Crippen molar-refractivity contribution in [2.24, 2.45) is 11.8 Å². The lowest BCUT2D eigenvalue weighted by Crippen LogP contribution is -2.20. The normalized spacial score (nSPS) is 23.7. The maximum atomic E-state index is 5.99. The van der Waals surface area contributed by atoms with Gasteiger partial charge < -0.3 is 5.32 Å². The average molecular weight is 295 g/mol. The maximum absolute atomic E-state index is 5.99. The first-order valence-electron chi connectivity index (χ1n) is 7.00. The Bertz CT molecular complexity index is 566. The molecule has 19 heavy (non-hydrogen) atoms. The second-order valence-electron chi connectivity index (χ2n) is 5.65. The first kappa shape index (κ1) is 13.2. The molecule has 0 bridgehead atoms. The molecule has 2 unspecified atom stereocenters. The number of halogens is 1. The number of hydrogen-bond donors (Lipinski definition) is 1. The number of hydrogen-bond acceptors (Lipinski definition) is 3. The highest BCUT2D eigenvalue weighted by Crippen LogP contribution is 2.31. The van der Waals surface area contributed by atoms with E-state index >= 15 is 0 Å². The van der Waals surface area contributed by atoms with Gasteiger partial charge in [0.25, 0.3) is 0 Å². The van der Waals surface area contributed by atoms with Gasteiger partial charge in [-0.15, -0.1) is 0 Å². The third-order valence-electron chi connectivity index (χ3n) is 3.94. The lowest BCUT2D eigenvalue weighted by atomic mass is 9.82. The summed E-state index contributed by atoms with van der Waals surface area (Å²) in [6, 6.07) is 5.90. The zero-order valence-corrected chi connectivity index (χ0v) is 12.7. The molecule has 102 valence electrons. The molecule has 0 spiro atoms. The Morgan fingerprint density at radius 2 is 2.32 bits per heavy atom. The van der Waals surface area contributed by atoms with E-state index in [1.807, 2.05) is 18.2 Å². The summed E-state index contributed by atoms with van der Waals surface area (Å²) in [5, 5.41) is 5.29. The predicted molar refractivity (Wildman–Crippen MR) is 84.2 cm³/mol. The standard InChI is InChI=1S/C15H19ClN2S/c1-10-3-2-4-11(7-10)9-17-15-18-13-8-12(16)5-6-14(13)19-15/h5-6,8,10-11H,2-4,7,9H2,1H3,(H,17,18). The van der Waals surface area contributed by atoms with Crippen molar-refractivity contribution in [3.63, 3.8) is 0 Å². The molecule has 0 aliphatic heterocycles. The van der Waals surface area contributed by atoms with Gasteiger partial charge in [-0.05, 0) is 42.9 Å². The monoisotopic (exact) mass is 294 g/mol. The molecule has 4 heteroatoms. The molecule has 0 amide bonds. The molecule has 1 fully saturated rings. The molecule has 1 N–H and O–H groups in total. The van der Waals surface area contributed by atoms with Crippen LogP contribution >= 0.6 is 22.9 Å². The van der Waals surface area contributed by atoms with E-state index < -0.39 is 0 Å². The minimum absolute atomic E-state index is 0.755. The van der Waals surface area contributed by atoms with Gasteiger partial charge in [0.1, 0.15) is 0 Å². The summed E-state index contributed by atoms with van der Waals surface area (Å²) in [5.74, 6) is 1.69. The smallest absolute Gasteiger partial charge is 0.183 e. The summed E-state index contributed by atoms with van der Waals surface area (Å²) < 4.78 is 1.20. The Balaban J connectivity index is 1.65. The Morgan fingerprint density at radius 1 is 1.42 bits per heavy atom. The minimum Gasteiger partial charge on any atom is -0.361 e. The van der Waals surface area contributed by atoms with E-state index in [1.165, 1.54) is 30.4 Å². The Morgan fingerprint density at radius 3 is 3.16 bits per heavy atom. The molecular weight excluding hydrogens is 276 g/mol. The van der Waals surface area contributed by atoms with Crippen LogP contribution < -0.4 is 5.32 Å². The number of thiazole rings is 1. The molecule has 1 aromatic carbocycles.